The van der Waals surface area contributed by atoms with E-state index in [0.29, 0.717) is 22.2 Å². The smallest absolute Gasteiger partial charge is 0.294 e. The quantitative estimate of drug-likeness (QED) is 0.379. The van der Waals surface area contributed by atoms with Crippen molar-refractivity contribution in [1.82, 2.24) is 4.98 Å². The summed E-state index contributed by atoms with van der Waals surface area (Å²) in [5, 5.41) is 11.5. The molecule has 3 heterocycles. The van der Waals surface area contributed by atoms with E-state index < -0.39 is 29.3 Å². The average Bonchev–Trinajstić information content (AvgIpc) is 3.33. The fourth-order valence-corrected chi connectivity index (χ4v) is 4.20. The number of halogens is 2. The molecule has 158 valence electrons. The third-order valence-electron chi connectivity index (χ3n) is 5.28. The van der Waals surface area contributed by atoms with Gasteiger partial charge in [-0.05, 0) is 66.2 Å². The lowest BCUT2D eigenvalue weighted by atomic mass is 9.95. The van der Waals surface area contributed by atoms with E-state index in [1.54, 1.807) is 36.4 Å². The van der Waals surface area contributed by atoms with Crippen LogP contribution in [0, 0.1) is 5.82 Å². The number of rotatable bonds is 4. The molecule has 4 aromatic rings. The lowest BCUT2D eigenvalue weighted by molar-refractivity contribution is -0.117. The SMILES string of the molecule is O=C(C1=C(O)C(=O)N(c2ccc(F)cc2)C1c1ccncc1)c1cc2cc(Br)ccc2o1. The van der Waals surface area contributed by atoms with Crippen molar-refractivity contribution < 1.29 is 23.5 Å². The second-order valence-electron chi connectivity index (χ2n) is 7.22. The summed E-state index contributed by atoms with van der Waals surface area (Å²) in [6, 6.07) is 14.5. The predicted octanol–water partition coefficient (Wildman–Crippen LogP) is 5.51. The molecule has 2 aromatic heterocycles. The van der Waals surface area contributed by atoms with Crippen LogP contribution < -0.4 is 4.90 Å². The van der Waals surface area contributed by atoms with E-state index in [4.69, 9.17) is 4.42 Å². The van der Waals surface area contributed by atoms with Gasteiger partial charge in [-0.1, -0.05) is 15.9 Å². The van der Waals surface area contributed by atoms with E-state index in [0.717, 1.165) is 4.47 Å². The van der Waals surface area contributed by atoms with Gasteiger partial charge in [0.2, 0.25) is 5.78 Å². The lowest BCUT2D eigenvalue weighted by Crippen LogP contribution is -2.31. The highest BCUT2D eigenvalue weighted by atomic mass is 79.9. The van der Waals surface area contributed by atoms with Crippen LogP contribution in [-0.4, -0.2) is 21.8 Å². The topological polar surface area (TPSA) is 83.6 Å². The maximum Gasteiger partial charge on any atom is 0.294 e. The zero-order valence-electron chi connectivity index (χ0n) is 16.3. The largest absolute Gasteiger partial charge is 0.503 e. The van der Waals surface area contributed by atoms with Crippen LogP contribution in [0.5, 0.6) is 0 Å². The first-order chi connectivity index (χ1) is 15.4. The van der Waals surface area contributed by atoms with Crippen molar-refractivity contribution in [2.75, 3.05) is 4.90 Å². The Bertz CT molecular complexity index is 1400. The van der Waals surface area contributed by atoms with Gasteiger partial charge in [-0.3, -0.25) is 19.5 Å². The molecule has 6 nitrogen and oxygen atoms in total. The summed E-state index contributed by atoms with van der Waals surface area (Å²) in [5.74, 6) is -2.53. The number of aliphatic hydroxyl groups is 1. The number of hydrogen-bond acceptors (Lipinski definition) is 5. The third kappa shape index (κ3) is 3.29. The van der Waals surface area contributed by atoms with Gasteiger partial charge in [0.25, 0.3) is 5.91 Å². The van der Waals surface area contributed by atoms with Crippen LogP contribution in [0.1, 0.15) is 22.2 Å². The highest BCUT2D eigenvalue weighted by Crippen LogP contribution is 2.42. The molecule has 0 saturated heterocycles. The molecular formula is C24H14BrFN2O4. The van der Waals surface area contributed by atoms with Crippen molar-refractivity contribution in [3.63, 3.8) is 0 Å². The molecule has 1 amide bonds. The molecule has 5 rings (SSSR count). The molecule has 0 spiro atoms. The van der Waals surface area contributed by atoms with Gasteiger partial charge in [-0.25, -0.2) is 4.39 Å². The summed E-state index contributed by atoms with van der Waals surface area (Å²) in [4.78, 5) is 31.8. The number of furan rings is 1. The highest BCUT2D eigenvalue weighted by molar-refractivity contribution is 9.10. The average molecular weight is 493 g/mol. The van der Waals surface area contributed by atoms with Crippen molar-refractivity contribution in [1.29, 1.82) is 0 Å². The Kier molecular flexibility index (Phi) is 4.86. The Morgan fingerprint density at radius 3 is 2.50 bits per heavy atom. The van der Waals surface area contributed by atoms with E-state index in [9.17, 15) is 19.1 Å². The summed E-state index contributed by atoms with van der Waals surface area (Å²) in [7, 11) is 0. The first kappa shape index (κ1) is 20.1. The molecule has 0 fully saturated rings. The summed E-state index contributed by atoms with van der Waals surface area (Å²) < 4.78 is 20.0. The fourth-order valence-electron chi connectivity index (χ4n) is 3.83. The number of anilines is 1. The molecule has 1 unspecified atom stereocenters. The standard InChI is InChI=1S/C24H14BrFN2O4/c25-15-1-6-18-14(11-15)12-19(32-18)22(29)20-21(13-7-9-27-10-8-13)28(24(31)23(20)30)17-4-2-16(26)3-5-17/h1-12,21,30H. The first-order valence-corrected chi connectivity index (χ1v) is 10.4. The van der Waals surface area contributed by atoms with E-state index in [-0.39, 0.29) is 11.3 Å². The minimum absolute atomic E-state index is 0.00698. The normalized spacial score (nSPS) is 16.2. The Labute approximate surface area is 189 Å². The predicted molar refractivity (Wildman–Crippen MR) is 119 cm³/mol. The summed E-state index contributed by atoms with van der Waals surface area (Å²) in [6.07, 6.45) is 3.05. The molecule has 0 aliphatic carbocycles. The lowest BCUT2D eigenvalue weighted by Gasteiger charge is -2.26. The summed E-state index contributed by atoms with van der Waals surface area (Å²) >= 11 is 3.38. The van der Waals surface area contributed by atoms with Crippen LogP contribution in [0.3, 0.4) is 0 Å². The summed E-state index contributed by atoms with van der Waals surface area (Å²) in [6.45, 7) is 0. The van der Waals surface area contributed by atoms with E-state index >= 15 is 0 Å². The zero-order chi connectivity index (χ0) is 22.4. The molecule has 0 radical (unpaired) electrons. The van der Waals surface area contributed by atoms with Crippen LogP contribution in [0.25, 0.3) is 11.0 Å². The number of fused-ring (bicyclic) bond motifs is 1. The zero-order valence-corrected chi connectivity index (χ0v) is 17.9. The molecule has 1 aliphatic rings. The van der Waals surface area contributed by atoms with E-state index in [1.165, 1.54) is 41.6 Å². The van der Waals surface area contributed by atoms with Gasteiger partial charge >= 0.3 is 0 Å². The molecule has 1 aliphatic heterocycles. The van der Waals surface area contributed by atoms with Crippen molar-refractivity contribution in [2.24, 2.45) is 0 Å². The van der Waals surface area contributed by atoms with Crippen molar-refractivity contribution in [3.8, 4) is 0 Å². The number of ketones is 1. The van der Waals surface area contributed by atoms with Gasteiger partial charge in [0, 0.05) is 27.9 Å². The Balaban J connectivity index is 1.65. The molecular weight excluding hydrogens is 479 g/mol. The number of pyridine rings is 1. The number of carbonyl (C=O) groups excluding carboxylic acids is 2. The van der Waals surface area contributed by atoms with Crippen molar-refractivity contribution >= 4 is 44.3 Å². The number of benzene rings is 2. The Morgan fingerprint density at radius 2 is 1.78 bits per heavy atom. The molecule has 0 saturated carbocycles. The highest BCUT2D eigenvalue weighted by Gasteiger charge is 2.45. The third-order valence-corrected chi connectivity index (χ3v) is 5.77. The number of amides is 1. The fraction of sp³-hybridized carbons (Fsp3) is 0.0417. The second-order valence-corrected chi connectivity index (χ2v) is 8.13. The maximum absolute atomic E-state index is 13.5. The van der Waals surface area contributed by atoms with Gasteiger partial charge in [0.15, 0.2) is 11.5 Å². The maximum atomic E-state index is 13.5. The monoisotopic (exact) mass is 492 g/mol. The second kappa shape index (κ2) is 7.72. The van der Waals surface area contributed by atoms with Gasteiger partial charge in [-0.15, -0.1) is 0 Å². The Morgan fingerprint density at radius 1 is 1.06 bits per heavy atom. The number of Topliss-reactive ketones (excluding diaryl/α,β-unsaturated/α-hetero) is 1. The molecule has 2 aromatic carbocycles. The Hall–Kier alpha value is -3.78. The van der Waals surface area contributed by atoms with Crippen LogP contribution in [0.15, 0.2) is 93.3 Å². The van der Waals surface area contributed by atoms with Gasteiger partial charge in [0.1, 0.15) is 11.4 Å². The number of aliphatic hydroxyl groups excluding tert-OH is 1. The van der Waals surface area contributed by atoms with Crippen LogP contribution in [0.2, 0.25) is 0 Å². The molecule has 1 N–H and O–H groups in total. The number of nitrogens with zero attached hydrogens (tertiary/aromatic N) is 2. The number of hydrogen-bond donors (Lipinski definition) is 1. The molecule has 32 heavy (non-hydrogen) atoms. The van der Waals surface area contributed by atoms with Crippen molar-refractivity contribution in [3.05, 3.63) is 106 Å². The molecule has 0 bridgehead atoms. The van der Waals surface area contributed by atoms with Gasteiger partial charge in [-0.2, -0.15) is 0 Å². The van der Waals surface area contributed by atoms with E-state index in [2.05, 4.69) is 20.9 Å². The summed E-state index contributed by atoms with van der Waals surface area (Å²) in [5.41, 5.74) is 1.27. The van der Waals surface area contributed by atoms with Crippen LogP contribution >= 0.6 is 15.9 Å². The van der Waals surface area contributed by atoms with Gasteiger partial charge in [0.05, 0.1) is 11.6 Å². The minimum Gasteiger partial charge on any atom is -0.503 e. The van der Waals surface area contributed by atoms with Crippen LogP contribution in [-0.2, 0) is 4.79 Å². The molecule has 8 heteroatoms. The molecule has 1 atom stereocenters. The van der Waals surface area contributed by atoms with Crippen molar-refractivity contribution in [2.45, 2.75) is 6.04 Å². The first-order valence-electron chi connectivity index (χ1n) is 9.60. The van der Waals surface area contributed by atoms with E-state index in [1.807, 2.05) is 0 Å². The van der Waals surface area contributed by atoms with Gasteiger partial charge < -0.3 is 9.52 Å². The minimum atomic E-state index is -0.941. The number of aromatic nitrogens is 1. The van der Waals surface area contributed by atoms with Crippen LogP contribution in [0.4, 0.5) is 10.1 Å². The number of carbonyl (C=O) groups is 2.